The number of piperazine rings is 1. The minimum atomic E-state index is -0.162. The molecule has 0 bridgehead atoms. The maximum atomic E-state index is 14.0. The molecule has 2 rings (SSSR count). The van der Waals surface area contributed by atoms with Crippen LogP contribution in [0.25, 0.3) is 0 Å². The maximum Gasteiger partial charge on any atom is 0.146 e. The Kier molecular flexibility index (Phi) is 4.46. The second-order valence-corrected chi connectivity index (χ2v) is 5.07. The molecule has 0 radical (unpaired) electrons. The van der Waals surface area contributed by atoms with E-state index in [-0.39, 0.29) is 5.82 Å². The lowest BCUT2D eigenvalue weighted by molar-refractivity contribution is 0.199. The van der Waals surface area contributed by atoms with Crippen LogP contribution < -0.4 is 4.90 Å². The van der Waals surface area contributed by atoms with Gasteiger partial charge in [0.05, 0.1) is 5.69 Å². The molecule has 0 N–H and O–H groups in total. The minimum Gasteiger partial charge on any atom is -0.366 e. The Labute approximate surface area is 113 Å². The van der Waals surface area contributed by atoms with E-state index in [4.69, 9.17) is 11.6 Å². The van der Waals surface area contributed by atoms with Gasteiger partial charge in [0, 0.05) is 31.6 Å². The molecular weight excluding hydrogens is 251 g/mol. The number of hydrogen-bond donors (Lipinski definition) is 0. The largest absolute Gasteiger partial charge is 0.366 e. The van der Waals surface area contributed by atoms with Crippen molar-refractivity contribution < 1.29 is 4.39 Å². The summed E-state index contributed by atoms with van der Waals surface area (Å²) in [6, 6.07) is 5.60. The first kappa shape index (κ1) is 13.6. The average molecular weight is 271 g/mol. The minimum absolute atomic E-state index is 0.162. The Morgan fingerprint density at radius 3 is 2.78 bits per heavy atom. The highest BCUT2D eigenvalue weighted by Gasteiger charge is 2.25. The van der Waals surface area contributed by atoms with Gasteiger partial charge in [0.2, 0.25) is 0 Å². The molecule has 18 heavy (non-hydrogen) atoms. The maximum absolute atomic E-state index is 14.0. The molecule has 1 unspecified atom stereocenters. The van der Waals surface area contributed by atoms with Gasteiger partial charge in [-0.25, -0.2) is 4.39 Å². The zero-order valence-electron chi connectivity index (χ0n) is 11.0. The molecule has 1 fully saturated rings. The molecule has 1 aliphatic rings. The van der Waals surface area contributed by atoms with Crippen molar-refractivity contribution in [3.63, 3.8) is 0 Å². The lowest BCUT2D eigenvalue weighted by Crippen LogP contribution is -2.52. The summed E-state index contributed by atoms with van der Waals surface area (Å²) < 4.78 is 14.0. The van der Waals surface area contributed by atoms with E-state index in [2.05, 4.69) is 23.6 Å². The van der Waals surface area contributed by atoms with E-state index < -0.39 is 0 Å². The van der Waals surface area contributed by atoms with Gasteiger partial charge in [0.15, 0.2) is 0 Å². The van der Waals surface area contributed by atoms with Crippen LogP contribution in [-0.2, 0) is 5.88 Å². The monoisotopic (exact) mass is 270 g/mol. The van der Waals surface area contributed by atoms with Crippen molar-refractivity contribution in [1.82, 2.24) is 4.90 Å². The van der Waals surface area contributed by atoms with Gasteiger partial charge >= 0.3 is 0 Å². The standard InChI is InChI=1S/C14H20ClFN2/c1-3-17-7-8-18(10-11(17)2)14-12(9-15)5-4-6-13(14)16/h4-6,11H,3,7-10H2,1-2H3. The van der Waals surface area contributed by atoms with Crippen molar-refractivity contribution in [3.05, 3.63) is 29.6 Å². The molecule has 0 saturated carbocycles. The SMILES string of the molecule is CCN1CCN(c2c(F)cccc2CCl)CC1C. The smallest absolute Gasteiger partial charge is 0.146 e. The van der Waals surface area contributed by atoms with Crippen LogP contribution in [0.5, 0.6) is 0 Å². The second kappa shape index (κ2) is 5.89. The number of nitrogens with zero attached hydrogens (tertiary/aromatic N) is 2. The number of likely N-dealkylation sites (N-methyl/N-ethyl adjacent to an activating group) is 1. The number of rotatable bonds is 3. The Balaban J connectivity index is 2.23. The van der Waals surface area contributed by atoms with Crippen LogP contribution in [0, 0.1) is 5.82 Å². The van der Waals surface area contributed by atoms with Crippen LogP contribution in [0.15, 0.2) is 18.2 Å². The number of benzene rings is 1. The molecule has 0 aliphatic carbocycles. The predicted octanol–water partition coefficient (Wildman–Crippen LogP) is 3.09. The van der Waals surface area contributed by atoms with E-state index in [9.17, 15) is 4.39 Å². The van der Waals surface area contributed by atoms with Gasteiger partial charge < -0.3 is 4.90 Å². The van der Waals surface area contributed by atoms with Gasteiger partial charge in [0.1, 0.15) is 5.82 Å². The van der Waals surface area contributed by atoms with Crippen molar-refractivity contribution in [1.29, 1.82) is 0 Å². The number of halogens is 2. The third-order valence-electron chi connectivity index (χ3n) is 3.70. The summed E-state index contributed by atoms with van der Waals surface area (Å²) in [7, 11) is 0. The van der Waals surface area contributed by atoms with Crippen LogP contribution in [0.1, 0.15) is 19.4 Å². The van der Waals surface area contributed by atoms with Crippen molar-refractivity contribution in [2.24, 2.45) is 0 Å². The molecule has 0 aromatic heterocycles. The van der Waals surface area contributed by atoms with Gasteiger partial charge in [0.25, 0.3) is 0 Å². The second-order valence-electron chi connectivity index (χ2n) is 4.80. The summed E-state index contributed by atoms with van der Waals surface area (Å²) in [6.07, 6.45) is 0. The molecule has 2 nitrogen and oxygen atoms in total. The van der Waals surface area contributed by atoms with Gasteiger partial charge in [-0.3, -0.25) is 4.90 Å². The molecule has 4 heteroatoms. The van der Waals surface area contributed by atoms with E-state index in [1.165, 1.54) is 6.07 Å². The van der Waals surface area contributed by atoms with Gasteiger partial charge in [-0.15, -0.1) is 11.6 Å². The van der Waals surface area contributed by atoms with Crippen LogP contribution in [-0.4, -0.2) is 37.1 Å². The fourth-order valence-electron chi connectivity index (χ4n) is 2.69. The Morgan fingerprint density at radius 1 is 1.39 bits per heavy atom. The van der Waals surface area contributed by atoms with E-state index in [0.29, 0.717) is 17.6 Å². The number of para-hydroxylation sites is 1. The van der Waals surface area contributed by atoms with Crippen LogP contribution >= 0.6 is 11.6 Å². The molecule has 1 saturated heterocycles. The topological polar surface area (TPSA) is 6.48 Å². The molecule has 100 valence electrons. The zero-order chi connectivity index (χ0) is 13.1. The number of hydrogen-bond acceptors (Lipinski definition) is 2. The van der Waals surface area contributed by atoms with Crippen molar-refractivity contribution in [2.75, 3.05) is 31.1 Å². The van der Waals surface area contributed by atoms with Crippen molar-refractivity contribution in [3.8, 4) is 0 Å². The summed E-state index contributed by atoms with van der Waals surface area (Å²) in [6.45, 7) is 8.11. The Bertz CT molecular complexity index is 411. The first-order valence-electron chi connectivity index (χ1n) is 6.49. The lowest BCUT2D eigenvalue weighted by Gasteiger charge is -2.41. The van der Waals surface area contributed by atoms with E-state index in [1.807, 2.05) is 6.07 Å². The van der Waals surface area contributed by atoms with Crippen molar-refractivity contribution in [2.45, 2.75) is 25.8 Å². The normalized spacial score (nSPS) is 21.3. The first-order chi connectivity index (χ1) is 8.67. The fraction of sp³-hybridized carbons (Fsp3) is 0.571. The summed E-state index contributed by atoms with van der Waals surface area (Å²) in [4.78, 5) is 4.54. The molecule has 1 atom stereocenters. The number of alkyl halides is 1. The van der Waals surface area contributed by atoms with Crippen LogP contribution in [0.2, 0.25) is 0 Å². The third kappa shape index (κ3) is 2.62. The highest BCUT2D eigenvalue weighted by molar-refractivity contribution is 6.17. The molecule has 1 aromatic carbocycles. The highest BCUT2D eigenvalue weighted by Crippen LogP contribution is 2.28. The summed E-state index contributed by atoms with van der Waals surface area (Å²) in [5.74, 6) is 0.195. The molecule has 1 aliphatic heterocycles. The Morgan fingerprint density at radius 2 is 2.17 bits per heavy atom. The quantitative estimate of drug-likeness (QED) is 0.779. The van der Waals surface area contributed by atoms with Crippen LogP contribution in [0.3, 0.4) is 0 Å². The highest BCUT2D eigenvalue weighted by atomic mass is 35.5. The zero-order valence-corrected chi connectivity index (χ0v) is 11.8. The van der Waals surface area contributed by atoms with E-state index >= 15 is 0 Å². The van der Waals surface area contributed by atoms with Crippen molar-refractivity contribution >= 4 is 17.3 Å². The molecule has 1 aromatic rings. The van der Waals surface area contributed by atoms with E-state index in [0.717, 1.165) is 31.7 Å². The summed E-state index contributed by atoms with van der Waals surface area (Å²) in [5.41, 5.74) is 1.57. The lowest BCUT2D eigenvalue weighted by atomic mass is 10.1. The van der Waals surface area contributed by atoms with Gasteiger partial charge in [-0.1, -0.05) is 19.1 Å². The molecular formula is C14H20ClFN2. The van der Waals surface area contributed by atoms with E-state index in [1.54, 1.807) is 6.07 Å². The summed E-state index contributed by atoms with van der Waals surface area (Å²) >= 11 is 5.91. The Hall–Kier alpha value is -0.800. The van der Waals surface area contributed by atoms with Gasteiger partial charge in [-0.2, -0.15) is 0 Å². The van der Waals surface area contributed by atoms with Gasteiger partial charge in [-0.05, 0) is 25.1 Å². The predicted molar refractivity (Wildman–Crippen MR) is 74.9 cm³/mol. The molecule has 0 amide bonds. The number of anilines is 1. The molecule has 1 heterocycles. The van der Waals surface area contributed by atoms with Crippen LogP contribution in [0.4, 0.5) is 10.1 Å². The third-order valence-corrected chi connectivity index (χ3v) is 3.99. The first-order valence-corrected chi connectivity index (χ1v) is 7.03. The molecule has 0 spiro atoms. The summed E-state index contributed by atoms with van der Waals surface area (Å²) in [5, 5.41) is 0. The fourth-order valence-corrected chi connectivity index (χ4v) is 2.91. The average Bonchev–Trinajstić information content (AvgIpc) is 2.38.